The summed E-state index contributed by atoms with van der Waals surface area (Å²) >= 11 is 3.41. The van der Waals surface area contributed by atoms with Crippen LogP contribution in [0.2, 0.25) is 0 Å². The highest BCUT2D eigenvalue weighted by Gasteiger charge is 2.36. The minimum Gasteiger partial charge on any atom is -0.496 e. The lowest BCUT2D eigenvalue weighted by atomic mass is 10.0. The van der Waals surface area contributed by atoms with Gasteiger partial charge in [0.2, 0.25) is 15.9 Å². The van der Waals surface area contributed by atoms with E-state index in [9.17, 15) is 13.2 Å². The third kappa shape index (κ3) is 5.18. The second-order valence-corrected chi connectivity index (χ2v) is 9.07. The molecule has 140 valence electrons. The Balaban J connectivity index is 2.09. The van der Waals surface area contributed by atoms with Gasteiger partial charge < -0.3 is 10.1 Å². The van der Waals surface area contributed by atoms with Crippen molar-refractivity contribution < 1.29 is 17.9 Å². The Hall–Kier alpha value is -1.12. The second kappa shape index (κ2) is 9.00. The molecular formula is C17H25BrN2O4S. The van der Waals surface area contributed by atoms with Crippen LogP contribution >= 0.6 is 15.9 Å². The van der Waals surface area contributed by atoms with Crippen LogP contribution in [0.4, 0.5) is 0 Å². The van der Waals surface area contributed by atoms with E-state index in [1.165, 1.54) is 4.31 Å². The summed E-state index contributed by atoms with van der Waals surface area (Å²) in [4.78, 5) is 12.6. The number of hydrogen-bond acceptors (Lipinski definition) is 4. The molecule has 1 aromatic carbocycles. The molecule has 1 aromatic rings. The molecule has 0 radical (unpaired) electrons. The Morgan fingerprint density at radius 2 is 2.16 bits per heavy atom. The van der Waals surface area contributed by atoms with E-state index in [4.69, 9.17) is 4.74 Å². The molecule has 1 saturated heterocycles. The molecule has 1 atom stereocenters. The first-order valence-corrected chi connectivity index (χ1v) is 10.9. The number of carbonyl (C=O) groups excluding carboxylic acids is 1. The minimum absolute atomic E-state index is 0.0796. The van der Waals surface area contributed by atoms with Gasteiger partial charge in [-0.3, -0.25) is 4.79 Å². The largest absolute Gasteiger partial charge is 0.496 e. The van der Waals surface area contributed by atoms with Crippen LogP contribution in [-0.2, 0) is 21.4 Å². The average molecular weight is 433 g/mol. The van der Waals surface area contributed by atoms with E-state index in [1.54, 1.807) is 7.11 Å². The van der Waals surface area contributed by atoms with E-state index >= 15 is 0 Å². The van der Waals surface area contributed by atoms with Gasteiger partial charge in [0.05, 0.1) is 12.9 Å². The standard InChI is InChI=1S/C17H25BrN2O4S/c1-3-10-25(22,23)20-9-5-4-6-15(20)17(21)19-12-13-11-14(18)7-8-16(13)24-2/h7-8,11,15H,3-6,9-10,12H2,1-2H3,(H,19,21). The van der Waals surface area contributed by atoms with Gasteiger partial charge in [0.15, 0.2) is 0 Å². The summed E-state index contributed by atoms with van der Waals surface area (Å²) in [6.07, 6.45) is 2.76. The summed E-state index contributed by atoms with van der Waals surface area (Å²) in [7, 11) is -1.81. The van der Waals surface area contributed by atoms with Crippen LogP contribution in [0.25, 0.3) is 0 Å². The number of benzene rings is 1. The number of halogens is 1. The van der Waals surface area contributed by atoms with E-state index in [2.05, 4.69) is 21.2 Å². The van der Waals surface area contributed by atoms with Crippen molar-refractivity contribution in [1.82, 2.24) is 9.62 Å². The molecule has 8 heteroatoms. The number of sulfonamides is 1. The maximum atomic E-state index is 12.6. The van der Waals surface area contributed by atoms with Crippen LogP contribution in [0.1, 0.15) is 38.2 Å². The van der Waals surface area contributed by atoms with Crippen LogP contribution in [0, 0.1) is 0 Å². The predicted octanol–water partition coefficient (Wildman–Crippen LogP) is 2.67. The number of carbonyl (C=O) groups is 1. The van der Waals surface area contributed by atoms with Crippen molar-refractivity contribution in [3.8, 4) is 5.75 Å². The van der Waals surface area contributed by atoms with E-state index in [0.29, 0.717) is 31.7 Å². The molecule has 1 unspecified atom stereocenters. The Labute approximate surface area is 158 Å². The number of methoxy groups -OCH3 is 1. The molecule has 1 aliphatic heterocycles. The first-order chi connectivity index (χ1) is 11.9. The van der Waals surface area contributed by atoms with Gasteiger partial charge in [-0.05, 0) is 37.5 Å². The van der Waals surface area contributed by atoms with E-state index in [-0.39, 0.29) is 11.7 Å². The monoisotopic (exact) mass is 432 g/mol. The first kappa shape index (κ1) is 20.2. The number of nitrogens with zero attached hydrogens (tertiary/aromatic N) is 1. The number of piperidine rings is 1. The fourth-order valence-corrected chi connectivity index (χ4v) is 5.22. The van der Waals surface area contributed by atoms with Crippen molar-refractivity contribution in [3.63, 3.8) is 0 Å². The number of amides is 1. The van der Waals surface area contributed by atoms with Gasteiger partial charge >= 0.3 is 0 Å². The molecule has 0 saturated carbocycles. The maximum absolute atomic E-state index is 12.6. The van der Waals surface area contributed by atoms with E-state index in [0.717, 1.165) is 22.9 Å². The summed E-state index contributed by atoms with van der Waals surface area (Å²) < 4.78 is 32.5. The van der Waals surface area contributed by atoms with Gasteiger partial charge in [-0.15, -0.1) is 0 Å². The smallest absolute Gasteiger partial charge is 0.238 e. The van der Waals surface area contributed by atoms with Gasteiger partial charge in [-0.25, -0.2) is 8.42 Å². The molecule has 1 amide bonds. The van der Waals surface area contributed by atoms with Crippen LogP contribution < -0.4 is 10.1 Å². The van der Waals surface area contributed by atoms with Crippen molar-refractivity contribution in [2.45, 2.75) is 45.2 Å². The summed E-state index contributed by atoms with van der Waals surface area (Å²) in [6.45, 7) is 2.54. The third-order valence-corrected chi connectivity index (χ3v) is 6.84. The minimum atomic E-state index is -3.39. The number of rotatable bonds is 7. The van der Waals surface area contributed by atoms with Crippen molar-refractivity contribution in [3.05, 3.63) is 28.2 Å². The fourth-order valence-electron chi connectivity index (χ4n) is 3.06. The topological polar surface area (TPSA) is 75.7 Å². The second-order valence-electron chi connectivity index (χ2n) is 6.11. The quantitative estimate of drug-likeness (QED) is 0.718. The number of nitrogens with one attached hydrogen (secondary N) is 1. The molecule has 0 spiro atoms. The maximum Gasteiger partial charge on any atom is 0.238 e. The summed E-state index contributed by atoms with van der Waals surface area (Å²) in [5.41, 5.74) is 0.837. The zero-order chi connectivity index (χ0) is 18.4. The molecule has 0 bridgehead atoms. The highest BCUT2D eigenvalue weighted by molar-refractivity contribution is 9.10. The van der Waals surface area contributed by atoms with Crippen LogP contribution in [0.5, 0.6) is 5.75 Å². The molecule has 1 aliphatic rings. The molecule has 1 fully saturated rings. The van der Waals surface area contributed by atoms with Crippen LogP contribution in [-0.4, -0.2) is 44.1 Å². The zero-order valence-corrected chi connectivity index (χ0v) is 17.0. The SMILES string of the molecule is CCCS(=O)(=O)N1CCCCC1C(=O)NCc1cc(Br)ccc1OC. The lowest BCUT2D eigenvalue weighted by Gasteiger charge is -2.33. The Morgan fingerprint density at radius 1 is 1.40 bits per heavy atom. The molecule has 0 aliphatic carbocycles. The lowest BCUT2D eigenvalue weighted by Crippen LogP contribution is -2.52. The van der Waals surface area contributed by atoms with Crippen molar-refractivity contribution in [2.24, 2.45) is 0 Å². The zero-order valence-electron chi connectivity index (χ0n) is 14.6. The third-order valence-electron chi connectivity index (χ3n) is 4.27. The molecular weight excluding hydrogens is 408 g/mol. The van der Waals surface area contributed by atoms with Gasteiger partial charge in [0.25, 0.3) is 0 Å². The van der Waals surface area contributed by atoms with E-state index in [1.807, 2.05) is 25.1 Å². The summed E-state index contributed by atoms with van der Waals surface area (Å²) in [5, 5.41) is 2.87. The van der Waals surface area contributed by atoms with Crippen molar-refractivity contribution in [2.75, 3.05) is 19.4 Å². The average Bonchev–Trinajstić information content (AvgIpc) is 2.59. The highest BCUT2D eigenvalue weighted by atomic mass is 79.9. The number of ether oxygens (including phenoxy) is 1. The van der Waals surface area contributed by atoms with Crippen molar-refractivity contribution >= 4 is 31.9 Å². The molecule has 2 rings (SSSR count). The number of hydrogen-bond donors (Lipinski definition) is 1. The van der Waals surface area contributed by atoms with Gasteiger partial charge in [-0.2, -0.15) is 4.31 Å². The lowest BCUT2D eigenvalue weighted by molar-refractivity contribution is -0.125. The molecule has 1 heterocycles. The van der Waals surface area contributed by atoms with Crippen LogP contribution in [0.3, 0.4) is 0 Å². The van der Waals surface area contributed by atoms with Gasteiger partial charge in [0.1, 0.15) is 11.8 Å². The molecule has 6 nitrogen and oxygen atoms in total. The van der Waals surface area contributed by atoms with Gasteiger partial charge in [-0.1, -0.05) is 29.3 Å². The summed E-state index contributed by atoms with van der Waals surface area (Å²) in [5.74, 6) is 0.514. The highest BCUT2D eigenvalue weighted by Crippen LogP contribution is 2.24. The predicted molar refractivity (Wildman–Crippen MR) is 101 cm³/mol. The Bertz CT molecular complexity index is 709. The molecule has 0 aromatic heterocycles. The summed E-state index contributed by atoms with van der Waals surface area (Å²) in [6, 6.07) is 4.95. The first-order valence-electron chi connectivity index (χ1n) is 8.48. The normalized spacial score (nSPS) is 18.8. The van der Waals surface area contributed by atoms with Crippen LogP contribution in [0.15, 0.2) is 22.7 Å². The fraction of sp³-hybridized carbons (Fsp3) is 0.588. The van der Waals surface area contributed by atoms with Crippen molar-refractivity contribution in [1.29, 1.82) is 0 Å². The molecule has 1 N–H and O–H groups in total. The van der Waals surface area contributed by atoms with E-state index < -0.39 is 16.1 Å². The Morgan fingerprint density at radius 3 is 2.84 bits per heavy atom. The Kier molecular flexibility index (Phi) is 7.27. The molecule has 25 heavy (non-hydrogen) atoms. The van der Waals surface area contributed by atoms with Gasteiger partial charge in [0, 0.05) is 23.1 Å².